The predicted octanol–water partition coefficient (Wildman–Crippen LogP) is 3.49. The molecule has 0 aromatic carbocycles. The molecule has 0 fully saturated rings. The Morgan fingerprint density at radius 3 is 2.37 bits per heavy atom. The first kappa shape index (κ1) is 15.7. The summed E-state index contributed by atoms with van der Waals surface area (Å²) in [5.74, 6) is -1.05. The van der Waals surface area contributed by atoms with Gasteiger partial charge in [0.1, 0.15) is 4.88 Å². The second-order valence-corrected chi connectivity index (χ2v) is 5.85. The van der Waals surface area contributed by atoms with E-state index in [1.165, 1.54) is 6.07 Å². The van der Waals surface area contributed by atoms with Gasteiger partial charge in [-0.2, -0.15) is 0 Å². The lowest BCUT2D eigenvalue weighted by Gasteiger charge is -2.26. The zero-order chi connectivity index (χ0) is 14.4. The minimum absolute atomic E-state index is 0.0661. The lowest BCUT2D eigenvalue weighted by atomic mass is 10.2. The molecule has 1 amide bonds. The van der Waals surface area contributed by atoms with Crippen molar-refractivity contribution in [2.75, 3.05) is 6.54 Å². The van der Waals surface area contributed by atoms with Crippen molar-refractivity contribution in [3.05, 3.63) is 21.9 Å². The van der Waals surface area contributed by atoms with Crippen LogP contribution in [0.5, 0.6) is 0 Å². The molecule has 0 saturated heterocycles. The molecule has 0 bridgehead atoms. The van der Waals surface area contributed by atoms with Crippen molar-refractivity contribution in [3.63, 3.8) is 0 Å². The summed E-state index contributed by atoms with van der Waals surface area (Å²) >= 11 is 1.04. The third-order valence-electron chi connectivity index (χ3n) is 2.91. The van der Waals surface area contributed by atoms with Crippen molar-refractivity contribution in [1.29, 1.82) is 0 Å². The molecule has 0 aliphatic heterocycles. The number of carbonyl (C=O) groups is 2. The van der Waals surface area contributed by atoms with Gasteiger partial charge in [-0.1, -0.05) is 19.8 Å². The van der Waals surface area contributed by atoms with Crippen LogP contribution in [0.1, 0.15) is 59.4 Å². The molecule has 4 nitrogen and oxygen atoms in total. The molecular formula is C14H21NO3S. The van der Waals surface area contributed by atoms with E-state index < -0.39 is 5.97 Å². The lowest BCUT2D eigenvalue weighted by Crippen LogP contribution is -2.37. The zero-order valence-electron chi connectivity index (χ0n) is 11.7. The second-order valence-electron chi connectivity index (χ2n) is 4.77. The van der Waals surface area contributed by atoms with Gasteiger partial charge in [0.05, 0.1) is 4.88 Å². The minimum Gasteiger partial charge on any atom is -0.477 e. The van der Waals surface area contributed by atoms with Crippen LogP contribution in [0.25, 0.3) is 0 Å². The fraction of sp³-hybridized carbons (Fsp3) is 0.571. The number of aromatic carboxylic acids is 1. The summed E-state index contributed by atoms with van der Waals surface area (Å²) in [5, 5.41) is 8.89. The molecule has 1 N–H and O–H groups in total. The van der Waals surface area contributed by atoms with Gasteiger partial charge >= 0.3 is 5.97 Å². The van der Waals surface area contributed by atoms with Crippen LogP contribution in [0.3, 0.4) is 0 Å². The maximum atomic E-state index is 12.4. The summed E-state index contributed by atoms with van der Waals surface area (Å²) in [4.78, 5) is 25.7. The van der Waals surface area contributed by atoms with Crippen LogP contribution in [-0.4, -0.2) is 34.5 Å². The van der Waals surface area contributed by atoms with Crippen LogP contribution in [0.4, 0.5) is 0 Å². The van der Waals surface area contributed by atoms with Crippen molar-refractivity contribution in [3.8, 4) is 0 Å². The van der Waals surface area contributed by atoms with Crippen LogP contribution >= 0.6 is 11.3 Å². The first-order valence-electron chi connectivity index (χ1n) is 6.61. The van der Waals surface area contributed by atoms with Crippen molar-refractivity contribution in [2.45, 2.75) is 46.1 Å². The molecule has 0 radical (unpaired) electrons. The number of amides is 1. The molecule has 1 rings (SSSR count). The van der Waals surface area contributed by atoms with Crippen molar-refractivity contribution in [2.24, 2.45) is 0 Å². The number of hydrogen-bond donors (Lipinski definition) is 1. The van der Waals surface area contributed by atoms with E-state index >= 15 is 0 Å². The number of nitrogens with zero attached hydrogens (tertiary/aromatic N) is 1. The molecule has 5 heteroatoms. The fourth-order valence-corrected chi connectivity index (χ4v) is 2.64. The minimum atomic E-state index is -0.980. The van der Waals surface area contributed by atoms with Crippen LogP contribution in [0.2, 0.25) is 0 Å². The van der Waals surface area contributed by atoms with Crippen LogP contribution in [0, 0.1) is 0 Å². The maximum Gasteiger partial charge on any atom is 0.345 e. The third-order valence-corrected chi connectivity index (χ3v) is 3.98. The normalized spacial score (nSPS) is 10.7. The molecule has 1 aromatic rings. The van der Waals surface area contributed by atoms with Gasteiger partial charge in [0.2, 0.25) is 0 Å². The highest BCUT2D eigenvalue weighted by molar-refractivity contribution is 7.15. The van der Waals surface area contributed by atoms with Crippen molar-refractivity contribution >= 4 is 23.2 Å². The first-order valence-corrected chi connectivity index (χ1v) is 7.43. The van der Waals surface area contributed by atoms with Crippen molar-refractivity contribution in [1.82, 2.24) is 4.90 Å². The van der Waals surface area contributed by atoms with E-state index in [-0.39, 0.29) is 16.8 Å². The van der Waals surface area contributed by atoms with Gasteiger partial charge in [0, 0.05) is 12.6 Å². The molecule has 0 unspecified atom stereocenters. The molecule has 0 atom stereocenters. The molecule has 0 aliphatic rings. The number of thiophene rings is 1. The average Bonchev–Trinajstić information content (AvgIpc) is 2.83. The second kappa shape index (κ2) is 7.28. The molecule has 106 valence electrons. The number of carboxylic acid groups (broad SMARTS) is 1. The highest BCUT2D eigenvalue weighted by Gasteiger charge is 2.21. The van der Waals surface area contributed by atoms with E-state index in [1.54, 1.807) is 6.07 Å². The Morgan fingerprint density at radius 2 is 1.89 bits per heavy atom. The summed E-state index contributed by atoms with van der Waals surface area (Å²) in [6.45, 7) is 6.82. The Kier molecular flexibility index (Phi) is 6.02. The summed E-state index contributed by atoms with van der Waals surface area (Å²) in [6, 6.07) is 3.22. The van der Waals surface area contributed by atoms with Gasteiger partial charge in [0.15, 0.2) is 0 Å². The smallest absolute Gasteiger partial charge is 0.345 e. The molecular weight excluding hydrogens is 262 g/mol. The van der Waals surface area contributed by atoms with E-state index in [9.17, 15) is 9.59 Å². The molecule has 0 saturated carbocycles. The number of rotatable bonds is 7. The van der Waals surface area contributed by atoms with Crippen LogP contribution in [-0.2, 0) is 0 Å². The predicted molar refractivity (Wildman–Crippen MR) is 77.0 cm³/mol. The van der Waals surface area contributed by atoms with E-state index in [4.69, 9.17) is 5.11 Å². The Morgan fingerprint density at radius 1 is 1.26 bits per heavy atom. The number of carbonyl (C=O) groups excluding carboxylic acids is 1. The lowest BCUT2D eigenvalue weighted by molar-refractivity contribution is 0.0696. The van der Waals surface area contributed by atoms with E-state index in [0.717, 1.165) is 37.1 Å². The van der Waals surface area contributed by atoms with Gasteiger partial charge in [-0.3, -0.25) is 4.79 Å². The van der Waals surface area contributed by atoms with Gasteiger partial charge < -0.3 is 10.0 Å². The van der Waals surface area contributed by atoms with Gasteiger partial charge in [-0.05, 0) is 32.4 Å². The standard InChI is InChI=1S/C14H21NO3S/c1-4-5-6-9-15(10(2)3)13(16)11-7-8-12(19-11)14(17)18/h7-8,10H,4-6,9H2,1-3H3,(H,17,18). The Bertz CT molecular complexity index is 440. The number of hydrogen-bond acceptors (Lipinski definition) is 3. The molecule has 0 aliphatic carbocycles. The van der Waals surface area contributed by atoms with E-state index in [2.05, 4.69) is 6.92 Å². The summed E-state index contributed by atoms with van der Waals surface area (Å²) in [7, 11) is 0. The summed E-state index contributed by atoms with van der Waals surface area (Å²) in [6.07, 6.45) is 3.20. The topological polar surface area (TPSA) is 57.6 Å². The van der Waals surface area contributed by atoms with Crippen LogP contribution < -0.4 is 0 Å². The van der Waals surface area contributed by atoms with Gasteiger partial charge in [0.25, 0.3) is 5.91 Å². The fourth-order valence-electron chi connectivity index (χ4n) is 1.84. The molecule has 19 heavy (non-hydrogen) atoms. The monoisotopic (exact) mass is 283 g/mol. The Hall–Kier alpha value is -1.36. The quantitative estimate of drug-likeness (QED) is 0.779. The number of carboxylic acids is 1. The summed E-state index contributed by atoms with van der Waals surface area (Å²) in [5.41, 5.74) is 0. The van der Waals surface area contributed by atoms with E-state index in [0.29, 0.717) is 4.88 Å². The zero-order valence-corrected chi connectivity index (χ0v) is 12.5. The average molecular weight is 283 g/mol. The molecule has 1 aromatic heterocycles. The largest absolute Gasteiger partial charge is 0.477 e. The van der Waals surface area contributed by atoms with Crippen LogP contribution in [0.15, 0.2) is 12.1 Å². The molecule has 1 heterocycles. The van der Waals surface area contributed by atoms with Gasteiger partial charge in [-0.25, -0.2) is 4.79 Å². The van der Waals surface area contributed by atoms with Gasteiger partial charge in [-0.15, -0.1) is 11.3 Å². The highest BCUT2D eigenvalue weighted by atomic mass is 32.1. The molecule has 0 spiro atoms. The maximum absolute atomic E-state index is 12.4. The SMILES string of the molecule is CCCCCN(C(=O)c1ccc(C(=O)O)s1)C(C)C. The first-order chi connectivity index (χ1) is 8.97. The van der Waals surface area contributed by atoms with Crippen molar-refractivity contribution < 1.29 is 14.7 Å². The van der Waals surface area contributed by atoms with E-state index in [1.807, 2.05) is 18.7 Å². The third kappa shape index (κ3) is 4.35. The Balaban J connectivity index is 2.77. The number of unbranched alkanes of at least 4 members (excludes halogenated alkanes) is 2. The highest BCUT2D eigenvalue weighted by Crippen LogP contribution is 2.20. The Labute approximate surface area is 118 Å². The summed E-state index contributed by atoms with van der Waals surface area (Å²) < 4.78 is 0.